The van der Waals surface area contributed by atoms with E-state index in [1.807, 2.05) is 44.2 Å². The lowest BCUT2D eigenvalue weighted by Gasteiger charge is -2.32. The molecule has 2 fully saturated rings. The van der Waals surface area contributed by atoms with Crippen LogP contribution in [0.4, 0.5) is 5.69 Å². The molecule has 2 aromatic carbocycles. The first-order valence-corrected chi connectivity index (χ1v) is 10.9. The number of carbonyl (C=O) groups is 3. The minimum absolute atomic E-state index is 0.211. The van der Waals surface area contributed by atoms with Crippen molar-refractivity contribution in [3.63, 3.8) is 0 Å². The van der Waals surface area contributed by atoms with Crippen LogP contribution in [0.5, 0.6) is 0 Å². The van der Waals surface area contributed by atoms with Gasteiger partial charge < -0.3 is 4.74 Å². The maximum atomic E-state index is 13.7. The first-order chi connectivity index (χ1) is 15.0. The summed E-state index contributed by atoms with van der Waals surface area (Å²) in [4.78, 5) is 41.9. The average molecular weight is 421 g/mol. The molecule has 2 aliphatic heterocycles. The zero-order chi connectivity index (χ0) is 22.2. The fraction of sp³-hybridized carbons (Fsp3) is 0.400. The van der Waals surface area contributed by atoms with E-state index >= 15 is 0 Å². The van der Waals surface area contributed by atoms with E-state index in [9.17, 15) is 14.4 Å². The highest BCUT2D eigenvalue weighted by atomic mass is 16.5. The monoisotopic (exact) mass is 420 g/mol. The molecule has 0 aromatic heterocycles. The van der Waals surface area contributed by atoms with Gasteiger partial charge >= 0.3 is 5.97 Å². The van der Waals surface area contributed by atoms with Gasteiger partial charge in [-0.1, -0.05) is 55.8 Å². The van der Waals surface area contributed by atoms with Gasteiger partial charge in [-0.05, 0) is 43.5 Å². The summed E-state index contributed by atoms with van der Waals surface area (Å²) in [5.41, 5.74) is 1.23. The van der Waals surface area contributed by atoms with E-state index in [4.69, 9.17) is 4.74 Å². The molecule has 0 aliphatic carbocycles. The van der Waals surface area contributed by atoms with Crippen molar-refractivity contribution < 1.29 is 19.1 Å². The smallest absolute Gasteiger partial charge is 0.327 e. The molecule has 0 bridgehead atoms. The fourth-order valence-electron chi connectivity index (χ4n) is 5.21. The van der Waals surface area contributed by atoms with Crippen LogP contribution in [0.3, 0.4) is 0 Å². The molecular weight excluding hydrogens is 392 g/mol. The number of benzene rings is 2. The molecule has 0 radical (unpaired) electrons. The molecule has 1 N–H and O–H groups in total. The minimum atomic E-state index is -1.24. The van der Waals surface area contributed by atoms with Crippen molar-refractivity contribution in [2.75, 3.05) is 11.5 Å². The molecule has 0 saturated carbocycles. The normalized spacial score (nSPS) is 27.5. The van der Waals surface area contributed by atoms with Gasteiger partial charge in [0.1, 0.15) is 5.54 Å². The first-order valence-electron chi connectivity index (χ1n) is 10.9. The molecule has 6 nitrogen and oxygen atoms in total. The number of hydrogen-bond acceptors (Lipinski definition) is 5. The van der Waals surface area contributed by atoms with Crippen LogP contribution < -0.4 is 10.2 Å². The third-order valence-corrected chi connectivity index (χ3v) is 6.48. The number of anilines is 1. The van der Waals surface area contributed by atoms with Crippen LogP contribution in [0.25, 0.3) is 0 Å². The summed E-state index contributed by atoms with van der Waals surface area (Å²) < 4.78 is 5.45. The Bertz CT molecular complexity index is 1010. The summed E-state index contributed by atoms with van der Waals surface area (Å²) in [6.45, 7) is 5.91. The van der Waals surface area contributed by atoms with Crippen molar-refractivity contribution in [3.05, 3.63) is 65.7 Å². The molecule has 2 aliphatic rings. The van der Waals surface area contributed by atoms with Crippen LogP contribution in [-0.2, 0) is 19.1 Å². The maximum Gasteiger partial charge on any atom is 0.327 e. The van der Waals surface area contributed by atoms with Gasteiger partial charge in [-0.3, -0.25) is 19.7 Å². The molecule has 162 valence electrons. The number of rotatable bonds is 6. The number of nitrogens with zero attached hydrogens (tertiary/aromatic N) is 1. The van der Waals surface area contributed by atoms with E-state index in [1.165, 1.54) is 4.90 Å². The number of nitrogens with one attached hydrogen (secondary N) is 1. The minimum Gasteiger partial charge on any atom is -0.465 e. The van der Waals surface area contributed by atoms with Gasteiger partial charge in [-0.15, -0.1) is 0 Å². The van der Waals surface area contributed by atoms with Crippen molar-refractivity contribution >= 4 is 23.5 Å². The lowest BCUT2D eigenvalue weighted by atomic mass is 9.76. The zero-order valence-electron chi connectivity index (χ0n) is 18.1. The summed E-state index contributed by atoms with van der Waals surface area (Å²) in [7, 11) is 0. The lowest BCUT2D eigenvalue weighted by molar-refractivity contribution is -0.155. The number of fused-ring (bicyclic) bond motifs is 1. The second-order valence-electron chi connectivity index (χ2n) is 8.27. The zero-order valence-corrected chi connectivity index (χ0v) is 18.1. The number of amides is 2. The molecule has 4 rings (SSSR count). The highest BCUT2D eigenvalue weighted by Gasteiger charge is 2.68. The highest BCUT2D eigenvalue weighted by Crippen LogP contribution is 2.52. The Morgan fingerprint density at radius 1 is 1.03 bits per heavy atom. The van der Waals surface area contributed by atoms with Crippen LogP contribution in [0.1, 0.15) is 43.9 Å². The van der Waals surface area contributed by atoms with Crippen LogP contribution in [-0.4, -0.2) is 29.9 Å². The van der Waals surface area contributed by atoms with Gasteiger partial charge in [0.2, 0.25) is 11.8 Å². The van der Waals surface area contributed by atoms with E-state index in [0.29, 0.717) is 18.5 Å². The molecular formula is C25H28N2O4. The van der Waals surface area contributed by atoms with Crippen molar-refractivity contribution in [1.82, 2.24) is 5.32 Å². The molecule has 0 unspecified atom stereocenters. The Kier molecular flexibility index (Phi) is 5.67. The Hall–Kier alpha value is -2.99. The van der Waals surface area contributed by atoms with Gasteiger partial charge in [0, 0.05) is 6.04 Å². The van der Waals surface area contributed by atoms with E-state index in [1.54, 1.807) is 31.2 Å². The predicted octanol–water partition coefficient (Wildman–Crippen LogP) is 3.55. The molecule has 2 amide bonds. The van der Waals surface area contributed by atoms with Gasteiger partial charge in [0.25, 0.3) is 0 Å². The molecule has 2 heterocycles. The second-order valence-corrected chi connectivity index (χ2v) is 8.27. The number of imide groups is 1. The van der Waals surface area contributed by atoms with Crippen LogP contribution in [0.2, 0.25) is 0 Å². The number of hydrogen-bond donors (Lipinski definition) is 1. The van der Waals surface area contributed by atoms with Gasteiger partial charge in [-0.25, -0.2) is 4.90 Å². The number of para-hydroxylation sites is 1. The molecule has 0 spiro atoms. The first kappa shape index (κ1) is 21.2. The summed E-state index contributed by atoms with van der Waals surface area (Å²) in [5, 5.41) is 3.44. The maximum absolute atomic E-state index is 13.7. The third kappa shape index (κ3) is 3.26. The number of esters is 1. The summed E-state index contributed by atoms with van der Waals surface area (Å²) >= 11 is 0. The molecule has 6 heteroatoms. The standard InChI is InChI=1S/C25H28N2O4/c1-4-15-25(24(30)31-5-2)20-19(21(26-25)18-14-10-9-11-16(18)3)22(28)27(23(20)29)17-12-7-6-8-13-17/h6-14,19-21,26H,4-5,15H2,1-3H3/t19-,20+,21-,25+/m1/s1. The SMILES string of the molecule is CCC[C@]1(C(=O)OCC)N[C@H](c2ccccc2C)[C@@H]2C(=O)N(c3ccccc3)C(=O)[C@H]21. The van der Waals surface area contributed by atoms with E-state index < -0.39 is 29.4 Å². The van der Waals surface area contributed by atoms with E-state index in [2.05, 4.69) is 5.32 Å². The summed E-state index contributed by atoms with van der Waals surface area (Å²) in [6.07, 6.45) is 1.08. The number of aryl methyl sites for hydroxylation is 1. The quantitative estimate of drug-likeness (QED) is 0.571. The lowest BCUT2D eigenvalue weighted by Crippen LogP contribution is -2.56. The summed E-state index contributed by atoms with van der Waals surface area (Å²) in [6, 6.07) is 16.3. The molecule has 4 atom stereocenters. The summed E-state index contributed by atoms with van der Waals surface area (Å²) in [5.74, 6) is -2.57. The Morgan fingerprint density at radius 2 is 1.71 bits per heavy atom. The largest absolute Gasteiger partial charge is 0.465 e. The Labute approximate surface area is 182 Å². The van der Waals surface area contributed by atoms with Crippen LogP contribution in [0.15, 0.2) is 54.6 Å². The van der Waals surface area contributed by atoms with Crippen molar-refractivity contribution in [2.45, 2.75) is 45.2 Å². The molecule has 2 saturated heterocycles. The van der Waals surface area contributed by atoms with Crippen LogP contribution in [0, 0.1) is 18.8 Å². The number of carbonyl (C=O) groups excluding carboxylic acids is 3. The predicted molar refractivity (Wildman–Crippen MR) is 117 cm³/mol. The Balaban J connectivity index is 1.88. The molecule has 2 aromatic rings. The van der Waals surface area contributed by atoms with Crippen LogP contribution >= 0.6 is 0 Å². The van der Waals surface area contributed by atoms with Crippen molar-refractivity contribution in [3.8, 4) is 0 Å². The third-order valence-electron chi connectivity index (χ3n) is 6.48. The number of ether oxygens (including phenoxy) is 1. The highest BCUT2D eigenvalue weighted by molar-refractivity contribution is 6.24. The van der Waals surface area contributed by atoms with Gasteiger partial charge in [-0.2, -0.15) is 0 Å². The average Bonchev–Trinajstić information content (AvgIpc) is 3.24. The topological polar surface area (TPSA) is 75.7 Å². The second kappa shape index (κ2) is 8.27. The van der Waals surface area contributed by atoms with Gasteiger partial charge in [0.05, 0.1) is 24.1 Å². The molecule has 31 heavy (non-hydrogen) atoms. The van der Waals surface area contributed by atoms with Crippen molar-refractivity contribution in [2.24, 2.45) is 11.8 Å². The van der Waals surface area contributed by atoms with Crippen molar-refractivity contribution in [1.29, 1.82) is 0 Å². The Morgan fingerprint density at radius 3 is 2.35 bits per heavy atom. The van der Waals surface area contributed by atoms with E-state index in [-0.39, 0.29) is 18.4 Å². The fourth-order valence-corrected chi connectivity index (χ4v) is 5.21. The van der Waals surface area contributed by atoms with Gasteiger partial charge in [0.15, 0.2) is 0 Å². The van der Waals surface area contributed by atoms with E-state index in [0.717, 1.165) is 11.1 Å².